The van der Waals surface area contributed by atoms with E-state index in [1.807, 2.05) is 24.0 Å². The van der Waals surface area contributed by atoms with Crippen LogP contribution in [-0.4, -0.2) is 34.0 Å². The number of rotatable bonds is 3. The zero-order valence-corrected chi connectivity index (χ0v) is 13.7. The third kappa shape index (κ3) is 2.87. The number of carboxylic acids is 1. The first-order chi connectivity index (χ1) is 11.1. The average Bonchev–Trinajstić information content (AvgIpc) is 2.83. The van der Waals surface area contributed by atoms with Crippen molar-refractivity contribution in [3.05, 3.63) is 35.4 Å². The molecule has 1 aliphatic heterocycles. The second kappa shape index (κ2) is 6.73. The molecule has 2 unspecified atom stereocenters. The zero-order valence-electron chi connectivity index (χ0n) is 13.7. The van der Waals surface area contributed by atoms with Crippen molar-refractivity contribution in [1.82, 2.24) is 4.90 Å². The molecule has 3 rings (SSSR count). The maximum atomic E-state index is 13.1. The third-order valence-electron chi connectivity index (χ3n) is 5.41. The monoisotopic (exact) mass is 315 g/mol. The predicted octanol–water partition coefficient (Wildman–Crippen LogP) is 3.81. The summed E-state index contributed by atoms with van der Waals surface area (Å²) in [4.78, 5) is 27.0. The predicted molar refractivity (Wildman–Crippen MR) is 88.6 cm³/mol. The first kappa shape index (κ1) is 16.0. The first-order valence-corrected chi connectivity index (χ1v) is 8.79. The van der Waals surface area contributed by atoms with Gasteiger partial charge in [-0.05, 0) is 30.9 Å². The Bertz CT molecular complexity index is 590. The molecule has 1 fully saturated rings. The molecular weight excluding hydrogens is 290 g/mol. The van der Waals surface area contributed by atoms with Crippen LogP contribution in [0.15, 0.2) is 24.3 Å². The maximum absolute atomic E-state index is 13.1. The molecule has 0 bridgehead atoms. The lowest BCUT2D eigenvalue weighted by Crippen LogP contribution is -2.54. The van der Waals surface area contributed by atoms with Crippen molar-refractivity contribution >= 4 is 11.9 Å². The van der Waals surface area contributed by atoms with Gasteiger partial charge in [-0.2, -0.15) is 0 Å². The van der Waals surface area contributed by atoms with Crippen LogP contribution in [0.4, 0.5) is 0 Å². The highest BCUT2D eigenvalue weighted by atomic mass is 16.4. The number of fused-ring (bicyclic) bond motifs is 1. The first-order valence-electron chi connectivity index (χ1n) is 8.79. The van der Waals surface area contributed by atoms with Crippen molar-refractivity contribution in [3.63, 3.8) is 0 Å². The van der Waals surface area contributed by atoms with Crippen molar-refractivity contribution in [2.75, 3.05) is 0 Å². The lowest BCUT2D eigenvalue weighted by Gasteiger charge is -2.44. The minimum Gasteiger partial charge on any atom is -0.481 e. The lowest BCUT2D eigenvalue weighted by molar-refractivity contribution is -0.140. The van der Waals surface area contributed by atoms with Crippen LogP contribution in [-0.2, 0) is 4.79 Å². The van der Waals surface area contributed by atoms with Gasteiger partial charge in [-0.1, -0.05) is 50.8 Å². The number of hydrogen-bond donors (Lipinski definition) is 1. The molecule has 23 heavy (non-hydrogen) atoms. The van der Waals surface area contributed by atoms with Gasteiger partial charge in [-0.15, -0.1) is 0 Å². The number of hydrogen-bond acceptors (Lipinski definition) is 2. The number of carbonyl (C=O) groups is 2. The summed E-state index contributed by atoms with van der Waals surface area (Å²) < 4.78 is 0. The molecule has 2 aliphatic rings. The zero-order chi connectivity index (χ0) is 16.4. The molecule has 0 saturated heterocycles. The molecule has 0 spiro atoms. The minimum atomic E-state index is -0.824. The van der Waals surface area contributed by atoms with Gasteiger partial charge in [0.2, 0.25) is 0 Å². The summed E-state index contributed by atoms with van der Waals surface area (Å²) in [6.07, 6.45) is 7.36. The number of carboxylic acid groups (broad SMARTS) is 1. The van der Waals surface area contributed by atoms with Gasteiger partial charge in [0.05, 0.1) is 0 Å². The minimum absolute atomic E-state index is 0.0249. The number of amides is 1. The summed E-state index contributed by atoms with van der Waals surface area (Å²) in [6, 6.07) is 7.19. The van der Waals surface area contributed by atoms with Gasteiger partial charge in [-0.3, -0.25) is 9.59 Å². The molecule has 1 saturated carbocycles. The Balaban J connectivity index is 2.04. The normalized spacial score (nSPS) is 25.8. The highest BCUT2D eigenvalue weighted by molar-refractivity contribution is 6.00. The van der Waals surface area contributed by atoms with Gasteiger partial charge in [-0.25, -0.2) is 0 Å². The summed E-state index contributed by atoms with van der Waals surface area (Å²) in [5.74, 6) is -1.41. The number of benzene rings is 1. The third-order valence-corrected chi connectivity index (χ3v) is 5.41. The largest absolute Gasteiger partial charge is 0.481 e. The molecule has 1 N–H and O–H groups in total. The summed E-state index contributed by atoms with van der Waals surface area (Å²) in [5.41, 5.74) is 1.26. The highest BCUT2D eigenvalue weighted by Crippen LogP contribution is 2.38. The molecule has 1 aromatic rings. The summed E-state index contributed by atoms with van der Waals surface area (Å²) in [6.45, 7) is 1.99. The molecule has 1 heterocycles. The average molecular weight is 315 g/mol. The Hall–Kier alpha value is -1.84. The van der Waals surface area contributed by atoms with Crippen LogP contribution in [0.2, 0.25) is 0 Å². The van der Waals surface area contributed by atoms with Gasteiger partial charge in [0.25, 0.3) is 5.91 Å². The fourth-order valence-electron chi connectivity index (χ4n) is 4.32. The van der Waals surface area contributed by atoms with Crippen LogP contribution in [0.3, 0.4) is 0 Å². The van der Waals surface area contributed by atoms with Crippen LogP contribution in [0, 0.1) is 0 Å². The van der Waals surface area contributed by atoms with E-state index in [0.717, 1.165) is 25.7 Å². The molecule has 4 nitrogen and oxygen atoms in total. The Morgan fingerprint density at radius 2 is 1.83 bits per heavy atom. The van der Waals surface area contributed by atoms with Crippen LogP contribution < -0.4 is 0 Å². The summed E-state index contributed by atoms with van der Waals surface area (Å²) in [7, 11) is 0. The SMILES string of the molecule is CCC1C(C(=O)O)c2ccccc2C(=O)N1C1CCCCCC1. The van der Waals surface area contributed by atoms with E-state index in [1.165, 1.54) is 12.8 Å². The maximum Gasteiger partial charge on any atom is 0.313 e. The Morgan fingerprint density at radius 1 is 1.17 bits per heavy atom. The van der Waals surface area contributed by atoms with Gasteiger partial charge < -0.3 is 10.0 Å². The molecule has 0 radical (unpaired) electrons. The van der Waals surface area contributed by atoms with Crippen molar-refractivity contribution in [2.24, 2.45) is 0 Å². The molecule has 1 aliphatic carbocycles. The molecule has 2 atom stereocenters. The highest BCUT2D eigenvalue weighted by Gasteiger charge is 2.44. The van der Waals surface area contributed by atoms with Gasteiger partial charge in [0.15, 0.2) is 0 Å². The van der Waals surface area contributed by atoms with E-state index in [-0.39, 0.29) is 18.0 Å². The molecule has 1 amide bonds. The summed E-state index contributed by atoms with van der Waals surface area (Å²) >= 11 is 0. The quantitative estimate of drug-likeness (QED) is 0.863. The molecule has 1 aromatic carbocycles. The fraction of sp³-hybridized carbons (Fsp3) is 0.579. The van der Waals surface area contributed by atoms with Crippen LogP contribution in [0.25, 0.3) is 0 Å². The molecular formula is C19H25NO3. The van der Waals surface area contributed by atoms with E-state index in [4.69, 9.17) is 0 Å². The van der Waals surface area contributed by atoms with E-state index in [0.29, 0.717) is 17.5 Å². The molecule has 0 aromatic heterocycles. The molecule has 4 heteroatoms. The number of aliphatic carboxylic acids is 1. The number of carbonyl (C=O) groups excluding carboxylic acids is 1. The second-order valence-electron chi connectivity index (χ2n) is 6.74. The number of nitrogens with zero attached hydrogens (tertiary/aromatic N) is 1. The van der Waals surface area contributed by atoms with Crippen LogP contribution in [0.5, 0.6) is 0 Å². The lowest BCUT2D eigenvalue weighted by atomic mass is 9.80. The summed E-state index contributed by atoms with van der Waals surface area (Å²) in [5, 5.41) is 9.81. The van der Waals surface area contributed by atoms with Crippen LogP contribution >= 0.6 is 0 Å². The van der Waals surface area contributed by atoms with E-state index in [2.05, 4.69) is 0 Å². The fourth-order valence-corrected chi connectivity index (χ4v) is 4.32. The van der Waals surface area contributed by atoms with E-state index in [9.17, 15) is 14.7 Å². The van der Waals surface area contributed by atoms with E-state index >= 15 is 0 Å². The molecule has 124 valence electrons. The van der Waals surface area contributed by atoms with E-state index in [1.54, 1.807) is 12.1 Å². The van der Waals surface area contributed by atoms with Crippen molar-refractivity contribution in [2.45, 2.75) is 69.9 Å². The standard InChI is InChI=1S/C19H25NO3/c1-2-16-17(19(22)23)14-11-7-8-12-15(14)18(21)20(16)13-9-5-3-4-6-10-13/h7-8,11-13,16-17H,2-6,9-10H2,1H3,(H,22,23). The Labute approximate surface area is 137 Å². The Morgan fingerprint density at radius 3 is 2.43 bits per heavy atom. The van der Waals surface area contributed by atoms with Crippen molar-refractivity contribution < 1.29 is 14.7 Å². The smallest absolute Gasteiger partial charge is 0.313 e. The van der Waals surface area contributed by atoms with E-state index < -0.39 is 11.9 Å². The van der Waals surface area contributed by atoms with Crippen LogP contribution in [0.1, 0.15) is 73.7 Å². The van der Waals surface area contributed by atoms with Gasteiger partial charge in [0.1, 0.15) is 5.92 Å². The Kier molecular flexibility index (Phi) is 4.69. The van der Waals surface area contributed by atoms with Crippen molar-refractivity contribution in [3.8, 4) is 0 Å². The van der Waals surface area contributed by atoms with Gasteiger partial charge >= 0.3 is 5.97 Å². The second-order valence-corrected chi connectivity index (χ2v) is 6.74. The van der Waals surface area contributed by atoms with Crippen molar-refractivity contribution in [1.29, 1.82) is 0 Å². The van der Waals surface area contributed by atoms with Gasteiger partial charge in [0, 0.05) is 17.6 Å². The topological polar surface area (TPSA) is 57.6 Å².